The molecule has 0 amide bonds. The normalized spacial score (nSPS) is 15.7. The van der Waals surface area contributed by atoms with Gasteiger partial charge in [0, 0.05) is 35.3 Å². The molecule has 0 spiro atoms. The zero-order valence-electron chi connectivity index (χ0n) is 8.44. The summed E-state index contributed by atoms with van der Waals surface area (Å²) < 4.78 is 13.0. The molecular formula is C13H9FN2. The third-order valence-electron chi connectivity index (χ3n) is 2.55. The van der Waals surface area contributed by atoms with Crippen LogP contribution in [-0.2, 0) is 0 Å². The first-order chi connectivity index (χ1) is 7.83. The minimum absolute atomic E-state index is 0.253. The van der Waals surface area contributed by atoms with Crippen molar-refractivity contribution in [3.8, 4) is 0 Å². The molecule has 1 aromatic carbocycles. The molecule has 3 heteroatoms. The Morgan fingerprint density at radius 2 is 2.19 bits per heavy atom. The molecule has 0 aliphatic carbocycles. The third kappa shape index (κ3) is 1.46. The van der Waals surface area contributed by atoms with E-state index < -0.39 is 0 Å². The number of aliphatic imine (C=N–C) groups is 1. The highest BCUT2D eigenvalue weighted by molar-refractivity contribution is 6.21. The smallest absolute Gasteiger partial charge is 0.125 e. The zero-order valence-corrected chi connectivity index (χ0v) is 8.44. The summed E-state index contributed by atoms with van der Waals surface area (Å²) in [5.41, 5.74) is 3.67. The lowest BCUT2D eigenvalue weighted by Crippen LogP contribution is -1.81. The lowest BCUT2D eigenvalue weighted by Gasteiger charge is -1.98. The van der Waals surface area contributed by atoms with Crippen LogP contribution in [0.2, 0.25) is 0 Å². The van der Waals surface area contributed by atoms with Crippen LogP contribution in [0, 0.1) is 5.82 Å². The molecule has 0 saturated carbocycles. The highest BCUT2D eigenvalue weighted by Crippen LogP contribution is 2.32. The van der Waals surface area contributed by atoms with Crippen molar-refractivity contribution < 1.29 is 4.39 Å². The second-order valence-electron chi connectivity index (χ2n) is 3.64. The minimum Gasteiger partial charge on any atom is -0.362 e. The largest absolute Gasteiger partial charge is 0.362 e. The van der Waals surface area contributed by atoms with E-state index in [1.807, 2.05) is 24.4 Å². The second-order valence-corrected chi connectivity index (χ2v) is 3.64. The summed E-state index contributed by atoms with van der Waals surface area (Å²) in [4.78, 5) is 7.27. The Labute approximate surface area is 92.2 Å². The van der Waals surface area contributed by atoms with Crippen LogP contribution in [-0.4, -0.2) is 11.2 Å². The van der Waals surface area contributed by atoms with Gasteiger partial charge in [0.15, 0.2) is 0 Å². The first-order valence-corrected chi connectivity index (χ1v) is 5.02. The standard InChI is InChI=1S/C13H9FN2/c14-10-3-4-12-9(8-16-13(12)7-10)6-11-2-1-5-15-11/h1-8,15H. The van der Waals surface area contributed by atoms with Crippen molar-refractivity contribution in [1.29, 1.82) is 0 Å². The Hall–Kier alpha value is -2.16. The van der Waals surface area contributed by atoms with Crippen molar-refractivity contribution in [2.45, 2.75) is 0 Å². The van der Waals surface area contributed by atoms with Gasteiger partial charge >= 0.3 is 0 Å². The van der Waals surface area contributed by atoms with Crippen molar-refractivity contribution in [2.75, 3.05) is 0 Å². The number of hydrogen-bond donors (Lipinski definition) is 1. The van der Waals surface area contributed by atoms with Crippen molar-refractivity contribution in [1.82, 2.24) is 4.98 Å². The Morgan fingerprint density at radius 3 is 3.00 bits per heavy atom. The van der Waals surface area contributed by atoms with Crippen LogP contribution in [0.25, 0.3) is 11.6 Å². The van der Waals surface area contributed by atoms with Crippen LogP contribution in [0.5, 0.6) is 0 Å². The van der Waals surface area contributed by atoms with Crippen LogP contribution >= 0.6 is 0 Å². The summed E-state index contributed by atoms with van der Waals surface area (Å²) in [6.07, 6.45) is 5.61. The Balaban J connectivity index is 2.07. The van der Waals surface area contributed by atoms with Crippen LogP contribution in [0.3, 0.4) is 0 Å². The molecule has 1 N–H and O–H groups in total. The summed E-state index contributed by atoms with van der Waals surface area (Å²) in [6.45, 7) is 0. The van der Waals surface area contributed by atoms with Gasteiger partial charge in [-0.1, -0.05) is 0 Å². The Bertz CT molecular complexity index is 580. The van der Waals surface area contributed by atoms with Gasteiger partial charge in [0.2, 0.25) is 0 Å². The fraction of sp³-hybridized carbons (Fsp3) is 0. The van der Waals surface area contributed by atoms with Crippen molar-refractivity contribution in [3.63, 3.8) is 0 Å². The molecule has 2 aromatic rings. The molecule has 1 aliphatic rings. The van der Waals surface area contributed by atoms with Gasteiger partial charge in [-0.2, -0.15) is 0 Å². The van der Waals surface area contributed by atoms with E-state index in [4.69, 9.17) is 0 Å². The van der Waals surface area contributed by atoms with Crippen molar-refractivity contribution in [3.05, 3.63) is 53.6 Å². The van der Waals surface area contributed by atoms with Gasteiger partial charge in [-0.15, -0.1) is 0 Å². The maximum Gasteiger partial charge on any atom is 0.125 e. The molecule has 2 nitrogen and oxygen atoms in total. The Morgan fingerprint density at radius 1 is 1.25 bits per heavy atom. The van der Waals surface area contributed by atoms with E-state index in [0.29, 0.717) is 5.69 Å². The fourth-order valence-corrected chi connectivity index (χ4v) is 1.78. The van der Waals surface area contributed by atoms with Crippen molar-refractivity contribution >= 4 is 23.6 Å². The van der Waals surface area contributed by atoms with Gasteiger partial charge < -0.3 is 4.98 Å². The second kappa shape index (κ2) is 3.45. The van der Waals surface area contributed by atoms with E-state index in [0.717, 1.165) is 16.8 Å². The van der Waals surface area contributed by atoms with Crippen LogP contribution < -0.4 is 0 Å². The topological polar surface area (TPSA) is 28.1 Å². The number of fused-ring (bicyclic) bond motifs is 1. The molecule has 0 unspecified atom stereocenters. The first kappa shape index (κ1) is 9.09. The quantitative estimate of drug-likeness (QED) is 0.750. The number of aromatic nitrogens is 1. The summed E-state index contributed by atoms with van der Waals surface area (Å²) in [5, 5.41) is 0. The van der Waals surface area contributed by atoms with E-state index in [1.54, 1.807) is 12.3 Å². The number of aromatic amines is 1. The number of benzene rings is 1. The monoisotopic (exact) mass is 212 g/mol. The number of nitrogens with zero attached hydrogens (tertiary/aromatic N) is 1. The van der Waals surface area contributed by atoms with Crippen LogP contribution in [0.1, 0.15) is 11.3 Å². The molecule has 0 radical (unpaired) electrons. The van der Waals surface area contributed by atoms with E-state index in [1.165, 1.54) is 12.1 Å². The molecule has 78 valence electrons. The maximum atomic E-state index is 13.0. The number of halogens is 1. The molecule has 2 heterocycles. The van der Waals surface area contributed by atoms with Crippen LogP contribution in [0.4, 0.5) is 10.1 Å². The lowest BCUT2D eigenvalue weighted by molar-refractivity contribution is 0.628. The summed E-state index contributed by atoms with van der Waals surface area (Å²) >= 11 is 0. The molecule has 16 heavy (non-hydrogen) atoms. The molecule has 0 bridgehead atoms. The number of nitrogens with one attached hydrogen (secondary N) is 1. The molecule has 0 fully saturated rings. The number of rotatable bonds is 1. The molecule has 0 atom stereocenters. The van der Waals surface area contributed by atoms with E-state index >= 15 is 0 Å². The van der Waals surface area contributed by atoms with Gasteiger partial charge in [-0.25, -0.2) is 4.39 Å². The zero-order chi connectivity index (χ0) is 11.0. The third-order valence-corrected chi connectivity index (χ3v) is 2.55. The molecule has 1 aliphatic heterocycles. The number of hydrogen-bond acceptors (Lipinski definition) is 1. The molecule has 0 saturated heterocycles. The fourth-order valence-electron chi connectivity index (χ4n) is 1.78. The van der Waals surface area contributed by atoms with Gasteiger partial charge in [-0.3, -0.25) is 4.99 Å². The minimum atomic E-state index is -0.253. The highest BCUT2D eigenvalue weighted by Gasteiger charge is 2.12. The predicted molar refractivity (Wildman–Crippen MR) is 63.2 cm³/mol. The average molecular weight is 212 g/mol. The van der Waals surface area contributed by atoms with Gasteiger partial charge in [0.25, 0.3) is 0 Å². The van der Waals surface area contributed by atoms with Crippen molar-refractivity contribution in [2.24, 2.45) is 4.99 Å². The first-order valence-electron chi connectivity index (χ1n) is 5.02. The summed E-state index contributed by atoms with van der Waals surface area (Å²) in [7, 11) is 0. The van der Waals surface area contributed by atoms with Gasteiger partial charge in [0.05, 0.1) is 5.69 Å². The Kier molecular flexibility index (Phi) is 1.96. The maximum absolute atomic E-state index is 13.0. The van der Waals surface area contributed by atoms with E-state index in [-0.39, 0.29) is 5.82 Å². The summed E-state index contributed by atoms with van der Waals surface area (Å²) in [6, 6.07) is 8.57. The van der Waals surface area contributed by atoms with Crippen LogP contribution in [0.15, 0.2) is 41.5 Å². The molecule has 3 rings (SSSR count). The SMILES string of the molecule is Fc1ccc2c(c1)N=CC2=Cc1ccc[nH]1. The van der Waals surface area contributed by atoms with Gasteiger partial charge in [0.1, 0.15) is 5.82 Å². The highest BCUT2D eigenvalue weighted by atomic mass is 19.1. The van der Waals surface area contributed by atoms with E-state index in [9.17, 15) is 4.39 Å². The molecular weight excluding hydrogens is 203 g/mol. The van der Waals surface area contributed by atoms with Gasteiger partial charge in [-0.05, 0) is 30.3 Å². The number of allylic oxidation sites excluding steroid dienone is 1. The predicted octanol–water partition coefficient (Wildman–Crippen LogP) is 3.41. The number of H-pyrrole nitrogens is 1. The van der Waals surface area contributed by atoms with E-state index in [2.05, 4.69) is 9.98 Å². The average Bonchev–Trinajstić information content (AvgIpc) is 2.89. The lowest BCUT2D eigenvalue weighted by atomic mass is 10.1. The summed E-state index contributed by atoms with van der Waals surface area (Å²) in [5.74, 6) is -0.253. The molecule has 1 aromatic heterocycles.